The number of aryl methyl sites for hydroxylation is 2. The molecule has 6 nitrogen and oxygen atoms in total. The van der Waals surface area contributed by atoms with E-state index in [1.165, 1.54) is 16.4 Å². The van der Waals surface area contributed by atoms with Crippen molar-refractivity contribution in [3.63, 3.8) is 0 Å². The Hall–Kier alpha value is -1.81. The molecule has 0 saturated carbocycles. The summed E-state index contributed by atoms with van der Waals surface area (Å²) in [6, 6.07) is 5.69. The van der Waals surface area contributed by atoms with E-state index in [0.717, 1.165) is 5.56 Å². The van der Waals surface area contributed by atoms with Gasteiger partial charge in [-0.1, -0.05) is 6.07 Å². The number of aromatic nitrogens is 3. The molecule has 0 aliphatic rings. The molecule has 18 heavy (non-hydrogen) atoms. The summed E-state index contributed by atoms with van der Waals surface area (Å²) in [6.45, 7) is 1.90. The molecular formula is C11H14N3O3P. The van der Waals surface area contributed by atoms with Crippen molar-refractivity contribution >= 4 is 9.47 Å². The Morgan fingerprint density at radius 1 is 1.39 bits per heavy atom. The Balaban J connectivity index is 2.72. The van der Waals surface area contributed by atoms with Crippen LogP contribution in [0.3, 0.4) is 0 Å². The Bertz CT molecular complexity index is 633. The fourth-order valence-electron chi connectivity index (χ4n) is 1.68. The van der Waals surface area contributed by atoms with Crippen molar-refractivity contribution in [1.82, 2.24) is 14.3 Å². The molecule has 0 spiro atoms. The number of nitrogens with zero attached hydrogens (tertiary/aromatic N) is 3. The van der Waals surface area contributed by atoms with E-state index >= 15 is 0 Å². The normalized spacial score (nSPS) is 10.4. The van der Waals surface area contributed by atoms with E-state index in [-0.39, 0.29) is 11.7 Å². The van der Waals surface area contributed by atoms with Gasteiger partial charge in [0.1, 0.15) is 5.75 Å². The minimum absolute atomic E-state index is 0.242. The van der Waals surface area contributed by atoms with Gasteiger partial charge in [-0.2, -0.15) is 0 Å². The van der Waals surface area contributed by atoms with Gasteiger partial charge in [0.2, 0.25) is 0 Å². The lowest BCUT2D eigenvalue weighted by Crippen LogP contribution is -2.22. The molecule has 7 heteroatoms. The highest BCUT2D eigenvalue weighted by Crippen LogP contribution is 2.23. The van der Waals surface area contributed by atoms with Gasteiger partial charge in [-0.15, -0.1) is 5.10 Å². The Kier molecular flexibility index (Phi) is 3.39. The molecular weight excluding hydrogens is 253 g/mol. The lowest BCUT2D eigenvalue weighted by molar-refractivity contribution is 0.368. The van der Waals surface area contributed by atoms with E-state index in [1.54, 1.807) is 13.1 Å². The second-order valence-electron chi connectivity index (χ2n) is 3.79. The molecule has 1 aromatic heterocycles. The molecule has 2 rings (SSSR count). The topological polar surface area (TPSA) is 58.3 Å². The highest BCUT2D eigenvalue weighted by atomic mass is 31.0. The zero-order chi connectivity index (χ0) is 13.3. The van der Waals surface area contributed by atoms with Crippen molar-refractivity contribution in [2.24, 2.45) is 7.05 Å². The van der Waals surface area contributed by atoms with Crippen molar-refractivity contribution in [3.05, 3.63) is 34.2 Å². The summed E-state index contributed by atoms with van der Waals surface area (Å²) in [6.07, 6.45) is 0. The van der Waals surface area contributed by atoms with E-state index in [0.29, 0.717) is 11.4 Å². The summed E-state index contributed by atoms with van der Waals surface area (Å²) >= 11 is 0. The maximum atomic E-state index is 12.0. The predicted octanol–water partition coefficient (Wildman–Crippen LogP) is 1.06. The van der Waals surface area contributed by atoms with Crippen molar-refractivity contribution in [3.8, 4) is 17.4 Å². The van der Waals surface area contributed by atoms with Crippen LogP contribution in [0.5, 0.6) is 11.8 Å². The van der Waals surface area contributed by atoms with E-state index in [4.69, 9.17) is 9.26 Å². The van der Waals surface area contributed by atoms with Crippen LogP contribution in [0.1, 0.15) is 5.56 Å². The molecule has 0 aliphatic heterocycles. The van der Waals surface area contributed by atoms with Crippen LogP contribution in [0.2, 0.25) is 0 Å². The number of methoxy groups -OCH3 is 1. The van der Waals surface area contributed by atoms with Crippen LogP contribution in [0.25, 0.3) is 5.69 Å². The average molecular weight is 267 g/mol. The first-order chi connectivity index (χ1) is 8.58. The Morgan fingerprint density at radius 3 is 2.72 bits per heavy atom. The van der Waals surface area contributed by atoms with Crippen LogP contribution >= 0.6 is 9.47 Å². The SMILES string of the molecule is COc1nn(C)c(=O)n1-c1cc(OP)ccc1C. The fraction of sp³-hybridized carbons (Fsp3) is 0.273. The first kappa shape index (κ1) is 12.6. The maximum Gasteiger partial charge on any atom is 0.353 e. The van der Waals surface area contributed by atoms with Crippen molar-refractivity contribution in [2.75, 3.05) is 7.11 Å². The van der Waals surface area contributed by atoms with E-state index in [1.807, 2.05) is 19.1 Å². The molecule has 1 atom stereocenters. The molecule has 96 valence electrons. The van der Waals surface area contributed by atoms with Crippen LogP contribution in [0.15, 0.2) is 23.0 Å². The van der Waals surface area contributed by atoms with Gasteiger partial charge >= 0.3 is 11.7 Å². The second kappa shape index (κ2) is 4.82. The third-order valence-electron chi connectivity index (χ3n) is 2.64. The zero-order valence-electron chi connectivity index (χ0n) is 10.4. The van der Waals surface area contributed by atoms with Crippen LogP contribution in [-0.4, -0.2) is 21.5 Å². The number of rotatable bonds is 3. The number of benzene rings is 1. The zero-order valence-corrected chi connectivity index (χ0v) is 11.5. The molecule has 0 bridgehead atoms. The molecule has 1 unspecified atom stereocenters. The summed E-state index contributed by atoms with van der Waals surface area (Å²) in [5.41, 5.74) is 1.34. The molecule has 1 heterocycles. The Morgan fingerprint density at radius 2 is 2.11 bits per heavy atom. The van der Waals surface area contributed by atoms with Gasteiger partial charge in [0, 0.05) is 13.1 Å². The number of ether oxygens (including phenoxy) is 1. The molecule has 0 radical (unpaired) electrons. The molecule has 2 aromatic rings. The molecule has 1 aromatic carbocycles. The number of hydrogen-bond donors (Lipinski definition) is 0. The van der Waals surface area contributed by atoms with Crippen molar-refractivity contribution in [2.45, 2.75) is 6.92 Å². The molecule has 0 N–H and O–H groups in total. The second-order valence-corrected chi connectivity index (χ2v) is 4.03. The summed E-state index contributed by atoms with van der Waals surface area (Å²) < 4.78 is 12.8. The smallest absolute Gasteiger partial charge is 0.353 e. The van der Waals surface area contributed by atoms with Gasteiger partial charge in [0.15, 0.2) is 0 Å². The quantitative estimate of drug-likeness (QED) is 0.780. The highest BCUT2D eigenvalue weighted by molar-refractivity contribution is 7.10. The van der Waals surface area contributed by atoms with Gasteiger partial charge in [0.05, 0.1) is 22.3 Å². The fourth-order valence-corrected chi connectivity index (χ4v) is 1.83. The van der Waals surface area contributed by atoms with Gasteiger partial charge in [-0.05, 0) is 18.6 Å². The van der Waals surface area contributed by atoms with Crippen LogP contribution in [0.4, 0.5) is 0 Å². The molecule has 0 saturated heterocycles. The van der Waals surface area contributed by atoms with Gasteiger partial charge in [-0.3, -0.25) is 0 Å². The van der Waals surface area contributed by atoms with Gasteiger partial charge in [0.25, 0.3) is 0 Å². The molecule has 0 fully saturated rings. The average Bonchev–Trinajstić information content (AvgIpc) is 2.66. The maximum absolute atomic E-state index is 12.0. The predicted molar refractivity (Wildman–Crippen MR) is 70.4 cm³/mol. The molecule has 0 aliphatic carbocycles. The number of hydrogen-bond acceptors (Lipinski definition) is 4. The van der Waals surface area contributed by atoms with E-state index in [9.17, 15) is 4.79 Å². The minimum Gasteiger partial charge on any atom is -0.480 e. The van der Waals surface area contributed by atoms with Gasteiger partial charge in [-0.25, -0.2) is 14.0 Å². The van der Waals surface area contributed by atoms with Crippen LogP contribution in [0, 0.1) is 6.92 Å². The first-order valence-electron chi connectivity index (χ1n) is 5.26. The molecule has 0 amide bonds. The van der Waals surface area contributed by atoms with E-state index in [2.05, 4.69) is 14.6 Å². The lowest BCUT2D eigenvalue weighted by Gasteiger charge is -2.09. The summed E-state index contributed by atoms with van der Waals surface area (Å²) in [5.74, 6) is 0.637. The lowest BCUT2D eigenvalue weighted by atomic mass is 10.2. The van der Waals surface area contributed by atoms with E-state index < -0.39 is 0 Å². The Labute approximate surface area is 106 Å². The standard InChI is InChI=1S/C11H14N3O3P/c1-7-4-5-8(17-18)6-9(7)14-10(16-3)12-13(2)11(14)15/h4-6H,18H2,1-3H3. The van der Waals surface area contributed by atoms with Crippen molar-refractivity contribution in [1.29, 1.82) is 0 Å². The summed E-state index contributed by atoms with van der Waals surface area (Å²) in [7, 11) is 5.22. The largest absolute Gasteiger partial charge is 0.480 e. The highest BCUT2D eigenvalue weighted by Gasteiger charge is 2.15. The summed E-state index contributed by atoms with van der Waals surface area (Å²) in [4.78, 5) is 12.0. The third kappa shape index (κ3) is 1.99. The third-order valence-corrected chi connectivity index (χ3v) is 2.91. The van der Waals surface area contributed by atoms with Crippen molar-refractivity contribution < 1.29 is 9.26 Å². The summed E-state index contributed by atoms with van der Waals surface area (Å²) in [5, 5.41) is 4.00. The van der Waals surface area contributed by atoms with Crippen LogP contribution < -0.4 is 15.0 Å². The van der Waals surface area contributed by atoms with Gasteiger partial charge < -0.3 is 9.26 Å². The monoisotopic (exact) mass is 267 g/mol. The minimum atomic E-state index is -0.268. The van der Waals surface area contributed by atoms with Crippen LogP contribution in [-0.2, 0) is 7.05 Å². The first-order valence-corrected chi connectivity index (χ1v) is 5.73.